The largest absolute Gasteiger partial charge is 0.497 e. The Balaban J connectivity index is 2.34. The smallest absolute Gasteiger partial charge is 0.337 e. The Morgan fingerprint density at radius 3 is 2.21 bits per heavy atom. The summed E-state index contributed by atoms with van der Waals surface area (Å²) in [6.45, 7) is 2.03. The molecule has 0 bridgehead atoms. The average Bonchev–Trinajstić information content (AvgIpc) is 2.46. The highest BCUT2D eigenvalue weighted by molar-refractivity contribution is 5.90. The summed E-state index contributed by atoms with van der Waals surface area (Å²) in [4.78, 5) is 11.4. The number of hydrogen-bond acceptors (Lipinski definition) is 3. The maximum Gasteiger partial charge on any atom is 0.337 e. The molecule has 0 aromatic heterocycles. The van der Waals surface area contributed by atoms with Crippen LogP contribution in [-0.4, -0.2) is 20.2 Å². The first-order valence-electron chi connectivity index (χ1n) is 5.99. The first-order valence-corrected chi connectivity index (χ1v) is 5.99. The molecule has 3 nitrogen and oxygen atoms in total. The van der Waals surface area contributed by atoms with E-state index in [-0.39, 0.29) is 5.97 Å². The Hall–Kier alpha value is -2.29. The lowest BCUT2D eigenvalue weighted by Crippen LogP contribution is -2.00. The Bertz CT molecular complexity index is 585. The monoisotopic (exact) mass is 256 g/mol. The minimum absolute atomic E-state index is 0.321. The highest BCUT2D eigenvalue weighted by Gasteiger charge is 2.07. The Morgan fingerprint density at radius 2 is 1.68 bits per heavy atom. The van der Waals surface area contributed by atoms with Crippen LogP contribution >= 0.6 is 0 Å². The molecular weight excluding hydrogens is 240 g/mol. The van der Waals surface area contributed by atoms with E-state index in [1.807, 2.05) is 37.3 Å². The zero-order valence-corrected chi connectivity index (χ0v) is 11.3. The quantitative estimate of drug-likeness (QED) is 0.789. The van der Waals surface area contributed by atoms with Crippen LogP contribution < -0.4 is 4.74 Å². The molecule has 0 saturated heterocycles. The molecule has 0 amide bonds. The van der Waals surface area contributed by atoms with Gasteiger partial charge >= 0.3 is 5.97 Å². The Labute approximate surface area is 112 Å². The van der Waals surface area contributed by atoms with E-state index in [9.17, 15) is 4.79 Å². The average molecular weight is 256 g/mol. The molecule has 3 heteroatoms. The number of hydrogen-bond donors (Lipinski definition) is 0. The molecule has 0 aliphatic carbocycles. The number of rotatable bonds is 3. The zero-order valence-electron chi connectivity index (χ0n) is 11.3. The molecule has 19 heavy (non-hydrogen) atoms. The van der Waals surface area contributed by atoms with Crippen molar-refractivity contribution in [3.8, 4) is 16.9 Å². The number of carbonyl (C=O) groups excluding carboxylic acids is 1. The standard InChI is InChI=1S/C16H16O3/c1-11-10-14(18-2)8-9-15(11)12-4-6-13(7-5-12)16(17)19-3/h4-10H,1-3H3. The first-order chi connectivity index (χ1) is 9.15. The molecule has 0 saturated carbocycles. The van der Waals surface area contributed by atoms with Gasteiger partial charge in [-0.15, -0.1) is 0 Å². The van der Waals surface area contributed by atoms with Gasteiger partial charge in [0.2, 0.25) is 0 Å². The van der Waals surface area contributed by atoms with Gasteiger partial charge in [0.15, 0.2) is 0 Å². The number of esters is 1. The number of carbonyl (C=O) groups is 1. The van der Waals surface area contributed by atoms with Gasteiger partial charge in [-0.05, 0) is 47.9 Å². The summed E-state index contributed by atoms with van der Waals surface area (Å²) in [5, 5.41) is 0. The molecule has 98 valence electrons. The predicted octanol–water partition coefficient (Wildman–Crippen LogP) is 3.46. The van der Waals surface area contributed by atoms with Crippen LogP contribution in [-0.2, 0) is 4.74 Å². The number of methoxy groups -OCH3 is 2. The van der Waals surface area contributed by atoms with Crippen LogP contribution in [0.5, 0.6) is 5.75 Å². The molecule has 0 aliphatic heterocycles. The summed E-state index contributed by atoms with van der Waals surface area (Å²) in [5.74, 6) is 0.519. The molecule has 2 rings (SSSR count). The van der Waals surface area contributed by atoms with Crippen molar-refractivity contribution in [3.05, 3.63) is 53.6 Å². The summed E-state index contributed by atoms with van der Waals surface area (Å²) >= 11 is 0. The van der Waals surface area contributed by atoms with E-state index in [0.717, 1.165) is 22.4 Å². The molecule has 0 aliphatic rings. The van der Waals surface area contributed by atoms with Crippen molar-refractivity contribution in [2.24, 2.45) is 0 Å². The van der Waals surface area contributed by atoms with Crippen LogP contribution in [0.25, 0.3) is 11.1 Å². The molecule has 0 N–H and O–H groups in total. The van der Waals surface area contributed by atoms with Gasteiger partial charge in [-0.3, -0.25) is 0 Å². The molecule has 0 unspecified atom stereocenters. The van der Waals surface area contributed by atoms with Crippen molar-refractivity contribution in [3.63, 3.8) is 0 Å². The summed E-state index contributed by atoms with van der Waals surface area (Å²) in [7, 11) is 3.03. The maximum absolute atomic E-state index is 11.4. The van der Waals surface area contributed by atoms with E-state index in [1.165, 1.54) is 7.11 Å². The third kappa shape index (κ3) is 2.76. The fraction of sp³-hybridized carbons (Fsp3) is 0.188. The van der Waals surface area contributed by atoms with Crippen molar-refractivity contribution >= 4 is 5.97 Å². The Kier molecular flexibility index (Phi) is 3.85. The minimum atomic E-state index is -0.321. The molecule has 0 fully saturated rings. The van der Waals surface area contributed by atoms with E-state index in [4.69, 9.17) is 4.74 Å². The lowest BCUT2D eigenvalue weighted by molar-refractivity contribution is 0.0601. The van der Waals surface area contributed by atoms with Gasteiger partial charge in [0.1, 0.15) is 5.75 Å². The van der Waals surface area contributed by atoms with Crippen LogP contribution in [0.4, 0.5) is 0 Å². The van der Waals surface area contributed by atoms with E-state index in [1.54, 1.807) is 19.2 Å². The van der Waals surface area contributed by atoms with Crippen LogP contribution in [0.15, 0.2) is 42.5 Å². The molecular formula is C16H16O3. The van der Waals surface area contributed by atoms with Gasteiger partial charge in [-0.2, -0.15) is 0 Å². The van der Waals surface area contributed by atoms with Gasteiger partial charge in [0.05, 0.1) is 19.8 Å². The third-order valence-corrected chi connectivity index (χ3v) is 3.05. The second kappa shape index (κ2) is 5.57. The number of benzene rings is 2. The molecule has 0 radical (unpaired) electrons. The van der Waals surface area contributed by atoms with Crippen molar-refractivity contribution in [1.29, 1.82) is 0 Å². The normalized spacial score (nSPS) is 10.1. The second-order valence-electron chi connectivity index (χ2n) is 4.25. The SMILES string of the molecule is COC(=O)c1ccc(-c2ccc(OC)cc2C)cc1. The van der Waals surface area contributed by atoms with E-state index in [2.05, 4.69) is 4.74 Å². The van der Waals surface area contributed by atoms with Crippen LogP contribution in [0.3, 0.4) is 0 Å². The van der Waals surface area contributed by atoms with Crippen molar-refractivity contribution < 1.29 is 14.3 Å². The van der Waals surface area contributed by atoms with E-state index in [0.29, 0.717) is 5.56 Å². The van der Waals surface area contributed by atoms with Gasteiger partial charge in [-0.1, -0.05) is 18.2 Å². The number of ether oxygens (including phenoxy) is 2. The van der Waals surface area contributed by atoms with E-state index < -0.39 is 0 Å². The summed E-state index contributed by atoms with van der Waals surface area (Å²) in [5.41, 5.74) is 3.87. The van der Waals surface area contributed by atoms with Crippen molar-refractivity contribution in [2.45, 2.75) is 6.92 Å². The fourth-order valence-corrected chi connectivity index (χ4v) is 1.99. The molecule has 0 heterocycles. The number of aryl methyl sites for hydroxylation is 1. The van der Waals surface area contributed by atoms with Crippen LogP contribution in [0, 0.1) is 6.92 Å². The molecule has 2 aromatic rings. The summed E-state index contributed by atoms with van der Waals surface area (Å²) in [6.07, 6.45) is 0. The Morgan fingerprint density at radius 1 is 1.00 bits per heavy atom. The highest BCUT2D eigenvalue weighted by atomic mass is 16.5. The zero-order chi connectivity index (χ0) is 13.8. The van der Waals surface area contributed by atoms with Crippen molar-refractivity contribution in [2.75, 3.05) is 14.2 Å². The van der Waals surface area contributed by atoms with Gasteiger partial charge < -0.3 is 9.47 Å². The topological polar surface area (TPSA) is 35.5 Å². The maximum atomic E-state index is 11.4. The predicted molar refractivity (Wildman–Crippen MR) is 74.5 cm³/mol. The lowest BCUT2D eigenvalue weighted by Gasteiger charge is -2.09. The summed E-state index contributed by atoms with van der Waals surface area (Å²) < 4.78 is 9.87. The molecule has 2 aromatic carbocycles. The lowest BCUT2D eigenvalue weighted by atomic mass is 9.99. The van der Waals surface area contributed by atoms with Gasteiger partial charge in [-0.25, -0.2) is 4.79 Å². The van der Waals surface area contributed by atoms with Crippen molar-refractivity contribution in [1.82, 2.24) is 0 Å². The molecule has 0 atom stereocenters. The highest BCUT2D eigenvalue weighted by Crippen LogP contribution is 2.27. The van der Waals surface area contributed by atoms with Gasteiger partial charge in [0, 0.05) is 0 Å². The van der Waals surface area contributed by atoms with Crippen LogP contribution in [0.1, 0.15) is 15.9 Å². The second-order valence-corrected chi connectivity index (χ2v) is 4.25. The van der Waals surface area contributed by atoms with E-state index >= 15 is 0 Å². The first kappa shape index (κ1) is 13.1. The van der Waals surface area contributed by atoms with Gasteiger partial charge in [0.25, 0.3) is 0 Å². The van der Waals surface area contributed by atoms with Crippen LogP contribution in [0.2, 0.25) is 0 Å². The molecule has 0 spiro atoms. The minimum Gasteiger partial charge on any atom is -0.497 e. The summed E-state index contributed by atoms with van der Waals surface area (Å²) in [6, 6.07) is 13.3. The fourth-order valence-electron chi connectivity index (χ4n) is 1.99. The third-order valence-electron chi connectivity index (χ3n) is 3.05.